The molecular weight excluding hydrogens is 458 g/mol. The van der Waals surface area contributed by atoms with E-state index in [1.165, 1.54) is 0 Å². The fourth-order valence-corrected chi connectivity index (χ4v) is 3.94. The van der Waals surface area contributed by atoms with E-state index in [-0.39, 0.29) is 17.8 Å². The fraction of sp³-hybridized carbons (Fsp3) is 0.227. The number of amides is 1. The quantitative estimate of drug-likeness (QED) is 0.316. The lowest BCUT2D eigenvalue weighted by molar-refractivity contribution is 0.0955. The van der Waals surface area contributed by atoms with E-state index in [0.29, 0.717) is 35.3 Å². The predicted molar refractivity (Wildman–Crippen MR) is 129 cm³/mol. The Morgan fingerprint density at radius 2 is 2.24 bits per heavy atom. The van der Waals surface area contributed by atoms with E-state index in [4.69, 9.17) is 21.8 Å². The molecule has 4 aromatic rings. The fourth-order valence-electron chi connectivity index (χ4n) is 3.71. The number of hydrogen-bond donors (Lipinski definition) is 4. The molecule has 0 radical (unpaired) electrons. The molecule has 1 aliphatic heterocycles. The van der Waals surface area contributed by atoms with Gasteiger partial charge < -0.3 is 25.8 Å². The minimum absolute atomic E-state index is 0.167. The lowest BCUT2D eigenvalue weighted by Gasteiger charge is -2.10. The second-order valence-electron chi connectivity index (χ2n) is 7.85. The third kappa shape index (κ3) is 4.30. The molecule has 0 aliphatic carbocycles. The Kier molecular flexibility index (Phi) is 5.86. The van der Waals surface area contributed by atoms with Crippen molar-refractivity contribution in [2.45, 2.75) is 5.92 Å². The van der Waals surface area contributed by atoms with E-state index in [2.05, 4.69) is 42.0 Å². The number of likely N-dealkylation sites (N-methyl/N-ethyl adjacent to an activating group) is 1. The first-order valence-electron chi connectivity index (χ1n) is 10.6. The zero-order valence-electron chi connectivity index (χ0n) is 18.2. The number of H-pyrrole nitrogens is 1. The van der Waals surface area contributed by atoms with Crippen LogP contribution in [0.5, 0.6) is 0 Å². The van der Waals surface area contributed by atoms with Crippen LogP contribution in [0.15, 0.2) is 46.2 Å². The smallest absolute Gasteiger partial charge is 0.320 e. The first kappa shape index (κ1) is 21.9. The summed E-state index contributed by atoms with van der Waals surface area (Å²) in [5.74, 6) is 0.257. The van der Waals surface area contributed by atoms with Gasteiger partial charge in [-0.3, -0.25) is 9.80 Å². The lowest BCUT2D eigenvalue weighted by Crippen LogP contribution is -2.28. The molecule has 0 fully saturated rings. The van der Waals surface area contributed by atoms with Crippen molar-refractivity contribution >= 4 is 46.5 Å². The number of carbonyl (C=O) groups excluding carboxylic acids is 1. The van der Waals surface area contributed by atoms with Gasteiger partial charge in [-0.2, -0.15) is 5.10 Å². The van der Waals surface area contributed by atoms with Crippen LogP contribution < -0.4 is 16.4 Å². The number of nitrogens with one attached hydrogen (secondary N) is 3. The molecule has 5 N–H and O–H groups in total. The van der Waals surface area contributed by atoms with Crippen molar-refractivity contribution < 1.29 is 9.21 Å². The van der Waals surface area contributed by atoms with Gasteiger partial charge in [0.15, 0.2) is 0 Å². The monoisotopic (exact) mass is 479 g/mol. The van der Waals surface area contributed by atoms with Gasteiger partial charge in [-0.25, -0.2) is 4.98 Å². The summed E-state index contributed by atoms with van der Waals surface area (Å²) in [5.41, 5.74) is 8.89. The van der Waals surface area contributed by atoms with Crippen molar-refractivity contribution in [2.75, 3.05) is 32.0 Å². The van der Waals surface area contributed by atoms with Gasteiger partial charge in [0.2, 0.25) is 0 Å². The molecule has 0 bridgehead atoms. The standard InChI is InChI=1S/C22H22ClN9O2/c1-32-11-14(9-28-32)13-6-15-16(10-27-19(15)26-8-13)21-30-31-22(34-21)29-18-3-2-12(7-17(18)23)20(33)25-5-4-24/h2-3,6-10,14H,4-5,11,24H2,1H3,(H,25,33)(H,26,27)(H,29,31). The Hall–Kier alpha value is -3.96. The van der Waals surface area contributed by atoms with E-state index in [1.807, 2.05) is 24.5 Å². The molecule has 0 saturated carbocycles. The molecule has 1 atom stereocenters. The number of benzene rings is 1. The maximum atomic E-state index is 12.1. The summed E-state index contributed by atoms with van der Waals surface area (Å²) >= 11 is 6.35. The number of aromatic amines is 1. The second-order valence-corrected chi connectivity index (χ2v) is 8.26. The lowest BCUT2D eigenvalue weighted by atomic mass is 10.0. The van der Waals surface area contributed by atoms with Crippen LogP contribution in [0.2, 0.25) is 5.02 Å². The third-order valence-corrected chi connectivity index (χ3v) is 5.76. The van der Waals surface area contributed by atoms with Crippen molar-refractivity contribution in [3.8, 4) is 11.5 Å². The highest BCUT2D eigenvalue weighted by atomic mass is 35.5. The van der Waals surface area contributed by atoms with Gasteiger partial charge in [-0.15, -0.1) is 5.10 Å². The summed E-state index contributed by atoms with van der Waals surface area (Å²) in [4.78, 5) is 19.8. The van der Waals surface area contributed by atoms with Crippen LogP contribution in [0.3, 0.4) is 0 Å². The summed E-state index contributed by atoms with van der Waals surface area (Å²) in [5, 5.41) is 21.4. The van der Waals surface area contributed by atoms with Crippen LogP contribution in [0.1, 0.15) is 21.8 Å². The largest absolute Gasteiger partial charge is 0.403 e. The van der Waals surface area contributed by atoms with E-state index in [9.17, 15) is 4.79 Å². The van der Waals surface area contributed by atoms with Gasteiger partial charge in [0.05, 0.1) is 16.3 Å². The number of halogens is 1. The normalized spacial score (nSPS) is 15.3. The molecule has 3 aromatic heterocycles. The number of hydrazone groups is 1. The molecule has 12 heteroatoms. The maximum absolute atomic E-state index is 12.1. The number of carbonyl (C=O) groups is 1. The molecule has 4 heterocycles. The highest BCUT2D eigenvalue weighted by Crippen LogP contribution is 2.32. The number of pyridine rings is 1. The third-order valence-electron chi connectivity index (χ3n) is 5.44. The van der Waals surface area contributed by atoms with E-state index < -0.39 is 0 Å². The molecule has 5 rings (SSSR count). The van der Waals surface area contributed by atoms with Crippen LogP contribution in [0.4, 0.5) is 11.7 Å². The molecule has 0 saturated heterocycles. The molecule has 1 aromatic carbocycles. The van der Waals surface area contributed by atoms with Crippen molar-refractivity contribution in [2.24, 2.45) is 10.8 Å². The summed E-state index contributed by atoms with van der Waals surface area (Å²) in [6.07, 6.45) is 5.55. The molecule has 1 aliphatic rings. The van der Waals surface area contributed by atoms with Gasteiger partial charge in [0.25, 0.3) is 11.8 Å². The average molecular weight is 480 g/mol. The Bertz CT molecular complexity index is 1380. The topological polar surface area (TPSA) is 150 Å². The number of nitrogens with two attached hydrogens (primary N) is 1. The van der Waals surface area contributed by atoms with E-state index in [0.717, 1.165) is 28.7 Å². The van der Waals surface area contributed by atoms with Crippen molar-refractivity contribution in [1.82, 2.24) is 30.5 Å². The Morgan fingerprint density at radius 1 is 1.35 bits per heavy atom. The van der Waals surface area contributed by atoms with Gasteiger partial charge in [0, 0.05) is 62.2 Å². The Morgan fingerprint density at radius 3 is 3.00 bits per heavy atom. The van der Waals surface area contributed by atoms with Gasteiger partial charge in [-0.1, -0.05) is 16.7 Å². The number of aromatic nitrogens is 4. The highest BCUT2D eigenvalue weighted by molar-refractivity contribution is 6.33. The number of anilines is 2. The first-order valence-corrected chi connectivity index (χ1v) is 11.0. The zero-order valence-corrected chi connectivity index (χ0v) is 19.0. The number of nitrogens with zero attached hydrogens (tertiary/aromatic N) is 5. The Labute approximate surface area is 199 Å². The van der Waals surface area contributed by atoms with Gasteiger partial charge in [-0.05, 0) is 29.8 Å². The van der Waals surface area contributed by atoms with Crippen LogP contribution >= 0.6 is 11.6 Å². The van der Waals surface area contributed by atoms with Crippen molar-refractivity contribution in [3.63, 3.8) is 0 Å². The van der Waals surface area contributed by atoms with Crippen molar-refractivity contribution in [1.29, 1.82) is 0 Å². The van der Waals surface area contributed by atoms with Gasteiger partial charge in [0.1, 0.15) is 5.65 Å². The number of rotatable bonds is 7. The minimum Gasteiger partial charge on any atom is -0.403 e. The Balaban J connectivity index is 1.36. The SMILES string of the molecule is CN1CC(c2cnc3[nH]cc(-c4nnc(Nc5ccc(C(=O)NCCN)cc5Cl)o4)c3c2)C=N1. The van der Waals surface area contributed by atoms with Crippen molar-refractivity contribution in [3.05, 3.63) is 52.8 Å². The zero-order chi connectivity index (χ0) is 23.7. The van der Waals surface area contributed by atoms with Crippen LogP contribution in [0, 0.1) is 0 Å². The first-order chi connectivity index (χ1) is 16.5. The van der Waals surface area contributed by atoms with Crippen LogP contribution in [-0.2, 0) is 0 Å². The molecule has 0 spiro atoms. The molecule has 1 unspecified atom stereocenters. The predicted octanol–water partition coefficient (Wildman–Crippen LogP) is 2.71. The molecule has 34 heavy (non-hydrogen) atoms. The van der Waals surface area contributed by atoms with E-state index >= 15 is 0 Å². The summed E-state index contributed by atoms with van der Waals surface area (Å²) < 4.78 is 5.84. The average Bonchev–Trinajstić information content (AvgIpc) is 3.58. The number of fused-ring (bicyclic) bond motifs is 1. The highest BCUT2D eigenvalue weighted by Gasteiger charge is 2.20. The summed E-state index contributed by atoms with van der Waals surface area (Å²) in [6.45, 7) is 1.55. The molecule has 11 nitrogen and oxygen atoms in total. The van der Waals surface area contributed by atoms with E-state index in [1.54, 1.807) is 24.4 Å². The minimum atomic E-state index is -0.248. The van der Waals surface area contributed by atoms with Gasteiger partial charge >= 0.3 is 6.01 Å². The summed E-state index contributed by atoms with van der Waals surface area (Å²) in [7, 11) is 1.94. The molecule has 1 amide bonds. The van der Waals surface area contributed by atoms with Crippen LogP contribution in [0.25, 0.3) is 22.5 Å². The molecule has 174 valence electrons. The second kappa shape index (κ2) is 9.12. The maximum Gasteiger partial charge on any atom is 0.320 e. The van der Waals surface area contributed by atoms with Crippen LogP contribution in [-0.4, -0.2) is 64.0 Å². The molecular formula is C22H22ClN9O2. The summed E-state index contributed by atoms with van der Waals surface area (Å²) in [6, 6.07) is 7.11. The number of hydrogen-bond acceptors (Lipinski definition) is 9.